The molecular formula is C13H15NO2. The van der Waals surface area contributed by atoms with E-state index in [0.717, 1.165) is 28.5 Å². The minimum absolute atomic E-state index is 0.0438. The molecule has 1 atom stereocenters. The second-order valence-corrected chi connectivity index (χ2v) is 4.00. The number of hydrogen-bond acceptors (Lipinski definition) is 2. The Balaban J connectivity index is 2.67. The molecule has 1 aromatic carbocycles. The highest BCUT2D eigenvalue weighted by molar-refractivity contribution is 5.79. The summed E-state index contributed by atoms with van der Waals surface area (Å²) in [6.45, 7) is 3.67. The van der Waals surface area contributed by atoms with E-state index in [4.69, 9.17) is 0 Å². The van der Waals surface area contributed by atoms with Crippen molar-refractivity contribution >= 4 is 10.9 Å². The van der Waals surface area contributed by atoms with Crippen molar-refractivity contribution in [3.63, 3.8) is 0 Å². The molecule has 3 heteroatoms. The molecule has 0 aliphatic rings. The highest BCUT2D eigenvalue weighted by Crippen LogP contribution is 2.18. The molecule has 0 amide bonds. The first-order valence-electron chi connectivity index (χ1n) is 5.45. The normalized spacial score (nSPS) is 12.9. The minimum atomic E-state index is -0.515. The lowest BCUT2D eigenvalue weighted by molar-refractivity contribution is 0.199. The number of benzene rings is 1. The van der Waals surface area contributed by atoms with Crippen molar-refractivity contribution in [3.05, 3.63) is 45.7 Å². The number of pyridine rings is 1. The lowest BCUT2D eigenvalue weighted by atomic mass is 10.1. The van der Waals surface area contributed by atoms with Gasteiger partial charge in [-0.25, -0.2) is 0 Å². The van der Waals surface area contributed by atoms with Crippen molar-refractivity contribution in [2.24, 2.45) is 0 Å². The number of aromatic amines is 1. The SMILES string of the molecule is CCc1cc2ccc(C(C)O)cc2[nH]c1=O. The molecule has 16 heavy (non-hydrogen) atoms. The van der Waals surface area contributed by atoms with Gasteiger partial charge in [0.2, 0.25) is 0 Å². The average Bonchev–Trinajstić information content (AvgIpc) is 2.27. The van der Waals surface area contributed by atoms with Gasteiger partial charge in [-0.3, -0.25) is 4.79 Å². The highest BCUT2D eigenvalue weighted by atomic mass is 16.3. The molecule has 0 fully saturated rings. The predicted molar refractivity (Wildman–Crippen MR) is 64.6 cm³/mol. The molecule has 2 N–H and O–H groups in total. The van der Waals surface area contributed by atoms with E-state index in [1.165, 1.54) is 0 Å². The van der Waals surface area contributed by atoms with E-state index in [1.54, 1.807) is 6.92 Å². The van der Waals surface area contributed by atoms with Crippen molar-refractivity contribution in [1.82, 2.24) is 4.98 Å². The summed E-state index contributed by atoms with van der Waals surface area (Å²) < 4.78 is 0. The number of rotatable bonds is 2. The lowest BCUT2D eigenvalue weighted by Crippen LogP contribution is -2.11. The molecule has 0 bridgehead atoms. The van der Waals surface area contributed by atoms with Gasteiger partial charge in [0.1, 0.15) is 0 Å². The average molecular weight is 217 g/mol. The van der Waals surface area contributed by atoms with E-state index in [2.05, 4.69) is 4.98 Å². The van der Waals surface area contributed by atoms with Crippen LogP contribution in [0.2, 0.25) is 0 Å². The monoisotopic (exact) mass is 217 g/mol. The fourth-order valence-electron chi connectivity index (χ4n) is 1.79. The third-order valence-corrected chi connectivity index (χ3v) is 2.81. The number of nitrogens with one attached hydrogen (secondary N) is 1. The lowest BCUT2D eigenvalue weighted by Gasteiger charge is -2.06. The van der Waals surface area contributed by atoms with Gasteiger partial charge >= 0.3 is 0 Å². The van der Waals surface area contributed by atoms with E-state index in [1.807, 2.05) is 31.2 Å². The molecule has 0 aliphatic heterocycles. The molecule has 0 radical (unpaired) electrons. The van der Waals surface area contributed by atoms with Gasteiger partial charge in [-0.2, -0.15) is 0 Å². The Morgan fingerprint density at radius 3 is 2.75 bits per heavy atom. The Bertz CT molecular complexity index is 570. The zero-order valence-electron chi connectivity index (χ0n) is 9.45. The first kappa shape index (κ1) is 10.9. The van der Waals surface area contributed by atoms with Crippen molar-refractivity contribution in [2.75, 3.05) is 0 Å². The molecule has 1 unspecified atom stereocenters. The number of aliphatic hydroxyl groups excluding tert-OH is 1. The molecular weight excluding hydrogens is 202 g/mol. The molecule has 1 aromatic heterocycles. The van der Waals surface area contributed by atoms with E-state index in [9.17, 15) is 9.90 Å². The largest absolute Gasteiger partial charge is 0.389 e. The van der Waals surface area contributed by atoms with Gasteiger partial charge in [-0.1, -0.05) is 19.1 Å². The number of fused-ring (bicyclic) bond motifs is 1. The van der Waals surface area contributed by atoms with E-state index in [-0.39, 0.29) is 5.56 Å². The maximum atomic E-state index is 11.6. The van der Waals surface area contributed by atoms with Gasteiger partial charge in [-0.15, -0.1) is 0 Å². The maximum Gasteiger partial charge on any atom is 0.251 e. The van der Waals surface area contributed by atoms with Crippen LogP contribution in [0, 0.1) is 0 Å². The van der Waals surface area contributed by atoms with Crippen molar-refractivity contribution in [3.8, 4) is 0 Å². The molecule has 2 aromatic rings. The smallest absolute Gasteiger partial charge is 0.251 e. The van der Waals surface area contributed by atoms with Gasteiger partial charge < -0.3 is 10.1 Å². The number of aryl methyl sites for hydroxylation is 1. The zero-order valence-corrected chi connectivity index (χ0v) is 9.45. The standard InChI is InChI=1S/C13H15NO2/c1-3-9-6-11-5-4-10(8(2)15)7-12(11)14-13(9)16/h4-8,15H,3H2,1-2H3,(H,14,16). The predicted octanol–water partition coefficient (Wildman–Crippen LogP) is 2.14. The number of aliphatic hydroxyl groups is 1. The van der Waals surface area contributed by atoms with E-state index < -0.39 is 6.10 Å². The molecule has 84 valence electrons. The molecule has 0 aliphatic carbocycles. The summed E-state index contributed by atoms with van der Waals surface area (Å²) in [7, 11) is 0. The van der Waals surface area contributed by atoms with Gasteiger partial charge in [-0.05, 0) is 36.4 Å². The molecule has 0 saturated heterocycles. The summed E-state index contributed by atoms with van der Waals surface area (Å²) in [6, 6.07) is 7.53. The quantitative estimate of drug-likeness (QED) is 0.809. The zero-order chi connectivity index (χ0) is 11.7. The second kappa shape index (κ2) is 4.10. The van der Waals surface area contributed by atoms with Crippen molar-refractivity contribution in [2.45, 2.75) is 26.4 Å². The first-order valence-corrected chi connectivity index (χ1v) is 5.45. The Morgan fingerprint density at radius 1 is 1.38 bits per heavy atom. The summed E-state index contributed by atoms with van der Waals surface area (Å²) in [6.07, 6.45) is 0.211. The fraction of sp³-hybridized carbons (Fsp3) is 0.308. The third-order valence-electron chi connectivity index (χ3n) is 2.81. The first-order chi connectivity index (χ1) is 7.61. The summed E-state index contributed by atoms with van der Waals surface area (Å²) in [5.41, 5.74) is 2.34. The van der Waals surface area contributed by atoms with Gasteiger partial charge in [0, 0.05) is 11.1 Å². The summed E-state index contributed by atoms with van der Waals surface area (Å²) in [5, 5.41) is 10.5. The van der Waals surface area contributed by atoms with Crippen LogP contribution in [0.15, 0.2) is 29.1 Å². The van der Waals surface area contributed by atoms with Crippen LogP contribution in [0.4, 0.5) is 0 Å². The van der Waals surface area contributed by atoms with Crippen LogP contribution in [-0.4, -0.2) is 10.1 Å². The van der Waals surface area contributed by atoms with Crippen LogP contribution in [0.25, 0.3) is 10.9 Å². The van der Waals surface area contributed by atoms with Crippen LogP contribution in [-0.2, 0) is 6.42 Å². The number of H-pyrrole nitrogens is 1. The highest BCUT2D eigenvalue weighted by Gasteiger charge is 2.04. The van der Waals surface area contributed by atoms with Crippen LogP contribution >= 0.6 is 0 Å². The fourth-order valence-corrected chi connectivity index (χ4v) is 1.79. The summed E-state index contributed by atoms with van der Waals surface area (Å²) >= 11 is 0. The summed E-state index contributed by atoms with van der Waals surface area (Å²) in [4.78, 5) is 14.5. The van der Waals surface area contributed by atoms with Gasteiger partial charge in [0.15, 0.2) is 0 Å². The Hall–Kier alpha value is -1.61. The molecule has 3 nitrogen and oxygen atoms in total. The van der Waals surface area contributed by atoms with Crippen LogP contribution in [0.1, 0.15) is 31.1 Å². The van der Waals surface area contributed by atoms with Crippen LogP contribution < -0.4 is 5.56 Å². The second-order valence-electron chi connectivity index (χ2n) is 4.00. The molecule has 0 spiro atoms. The maximum absolute atomic E-state index is 11.6. The number of aromatic nitrogens is 1. The number of hydrogen-bond donors (Lipinski definition) is 2. The van der Waals surface area contributed by atoms with Crippen LogP contribution in [0.5, 0.6) is 0 Å². The van der Waals surface area contributed by atoms with Gasteiger partial charge in [0.05, 0.1) is 6.10 Å². The van der Waals surface area contributed by atoms with Crippen molar-refractivity contribution < 1.29 is 5.11 Å². The van der Waals surface area contributed by atoms with Crippen LogP contribution in [0.3, 0.4) is 0 Å². The Labute approximate surface area is 93.7 Å². The van der Waals surface area contributed by atoms with Crippen molar-refractivity contribution in [1.29, 1.82) is 0 Å². The van der Waals surface area contributed by atoms with E-state index in [0.29, 0.717) is 0 Å². The topological polar surface area (TPSA) is 53.1 Å². The van der Waals surface area contributed by atoms with E-state index >= 15 is 0 Å². The Morgan fingerprint density at radius 2 is 2.12 bits per heavy atom. The summed E-state index contributed by atoms with van der Waals surface area (Å²) in [5.74, 6) is 0. The third kappa shape index (κ3) is 1.86. The molecule has 1 heterocycles. The minimum Gasteiger partial charge on any atom is -0.389 e. The van der Waals surface area contributed by atoms with Gasteiger partial charge in [0.25, 0.3) is 5.56 Å². The molecule has 0 saturated carbocycles. The Kier molecular flexibility index (Phi) is 2.79. The molecule has 2 rings (SSSR count).